The van der Waals surface area contributed by atoms with E-state index in [1.54, 1.807) is 0 Å². The molecule has 0 amide bonds. The number of rotatable bonds is 3. The first-order chi connectivity index (χ1) is 15.7. The lowest BCUT2D eigenvalue weighted by atomic mass is 10.1. The second kappa shape index (κ2) is 157. The molecule has 270 valence electrons. The van der Waals surface area contributed by atoms with Crippen LogP contribution in [0.5, 0.6) is 0 Å². The molecule has 0 bridgehead atoms. The lowest BCUT2D eigenvalue weighted by molar-refractivity contribution is -0.121. The standard InChI is InChI=1S/C6H12O.C5H12.2C4H10.2C3H8.4C2H6.6CH4/c1-4-6(7)5(2)3;1-4-5(2)3;2*1-4(2)3;2*1-3-2;4*1-2;;;;;;/h5H,4H2,1-3H3;5H,4H2,1-3H3;2*4H,1-3H3;2*3H2,1-2H3;4*1-2H3;6*1H4. The van der Waals surface area contributed by atoms with Gasteiger partial charge in [-0.15, -0.1) is 0 Å². The first-order valence-electron chi connectivity index (χ1n) is 15.3. The van der Waals surface area contributed by atoms with Crippen LogP contribution in [0.2, 0.25) is 0 Å². The summed E-state index contributed by atoms with van der Waals surface area (Å²) in [5.74, 6) is 3.12. The van der Waals surface area contributed by atoms with Crippen LogP contribution in [0.4, 0.5) is 0 Å². The van der Waals surface area contributed by atoms with E-state index in [-0.39, 0.29) is 50.5 Å². The maximum atomic E-state index is 10.5. The largest absolute Gasteiger partial charge is 0.299 e. The average Bonchev–Trinajstić information content (AvgIpc) is 2.79. The summed E-state index contributed by atoms with van der Waals surface area (Å²) >= 11 is 0. The monoisotopic (exact) mass is 593 g/mol. The maximum Gasteiger partial charge on any atom is 0.135 e. The molecule has 0 saturated carbocycles. The summed E-state index contributed by atoms with van der Waals surface area (Å²) in [6.45, 7) is 49.9. The molecular formula is C39H108O. The Labute approximate surface area is 270 Å². The number of carbonyl (C=O) groups excluding carboxylic acids is 1. The summed E-state index contributed by atoms with van der Waals surface area (Å²) < 4.78 is 0. The van der Waals surface area contributed by atoms with Crippen LogP contribution in [0.15, 0.2) is 0 Å². The Hall–Kier alpha value is -0.330. The Morgan fingerprint density at radius 1 is 0.425 bits per heavy atom. The normalized spacial score (nSPS) is 6.20. The second-order valence-corrected chi connectivity index (χ2v) is 8.65. The molecule has 0 aromatic rings. The van der Waals surface area contributed by atoms with Gasteiger partial charge in [0, 0.05) is 12.3 Å². The first-order valence-corrected chi connectivity index (χ1v) is 15.3. The van der Waals surface area contributed by atoms with Gasteiger partial charge in [0.25, 0.3) is 0 Å². The van der Waals surface area contributed by atoms with Gasteiger partial charge in [-0.3, -0.25) is 4.79 Å². The quantitative estimate of drug-likeness (QED) is 0.318. The number of carbonyl (C=O) groups is 1. The molecule has 0 unspecified atom stereocenters. The zero-order chi connectivity index (χ0) is 30.7. The van der Waals surface area contributed by atoms with Crippen molar-refractivity contribution in [1.82, 2.24) is 0 Å². The van der Waals surface area contributed by atoms with E-state index in [1.165, 1.54) is 19.3 Å². The predicted molar refractivity (Wildman–Crippen MR) is 214 cm³/mol. The van der Waals surface area contributed by atoms with Crippen LogP contribution in [-0.4, -0.2) is 5.78 Å². The van der Waals surface area contributed by atoms with Crippen LogP contribution in [0.25, 0.3) is 0 Å². The minimum absolute atomic E-state index is 0. The van der Waals surface area contributed by atoms with Gasteiger partial charge in [-0.1, -0.05) is 230 Å². The highest BCUT2D eigenvalue weighted by atomic mass is 16.1. The van der Waals surface area contributed by atoms with E-state index >= 15 is 0 Å². The number of hydrogen-bond acceptors (Lipinski definition) is 1. The minimum Gasteiger partial charge on any atom is -0.299 e. The lowest BCUT2D eigenvalue weighted by Crippen LogP contribution is -2.03. The Morgan fingerprint density at radius 3 is 0.525 bits per heavy atom. The molecule has 0 aromatic carbocycles. The van der Waals surface area contributed by atoms with Crippen molar-refractivity contribution in [1.29, 1.82) is 0 Å². The highest BCUT2D eigenvalue weighted by Crippen LogP contribution is 1.95. The number of ketones is 1. The van der Waals surface area contributed by atoms with E-state index < -0.39 is 0 Å². The summed E-state index contributed by atoms with van der Waals surface area (Å²) in [7, 11) is 0. The van der Waals surface area contributed by atoms with Crippen molar-refractivity contribution in [3.8, 4) is 0 Å². The molecular weight excluding hydrogens is 484 g/mol. The van der Waals surface area contributed by atoms with Gasteiger partial charge < -0.3 is 0 Å². The van der Waals surface area contributed by atoms with Crippen LogP contribution in [0.1, 0.15) is 236 Å². The Kier molecular flexibility index (Phi) is 417. The smallest absolute Gasteiger partial charge is 0.135 e. The maximum absolute atomic E-state index is 10.5. The van der Waals surface area contributed by atoms with Crippen molar-refractivity contribution in [2.45, 2.75) is 236 Å². The molecule has 0 radical (unpaired) electrons. The molecule has 0 saturated heterocycles. The molecule has 0 aliphatic rings. The molecule has 0 aliphatic heterocycles. The van der Waals surface area contributed by atoms with E-state index in [0.717, 1.165) is 17.8 Å². The number of hydrogen-bond donors (Lipinski definition) is 0. The highest BCUT2D eigenvalue weighted by Gasteiger charge is 2.00. The summed E-state index contributed by atoms with van der Waals surface area (Å²) in [6, 6.07) is 0. The van der Waals surface area contributed by atoms with Gasteiger partial charge in [-0.2, -0.15) is 0 Å². The van der Waals surface area contributed by atoms with Crippen molar-refractivity contribution in [3.05, 3.63) is 0 Å². The van der Waals surface area contributed by atoms with Crippen molar-refractivity contribution in [2.24, 2.45) is 23.7 Å². The fourth-order valence-electron chi connectivity index (χ4n) is 0.408. The second-order valence-electron chi connectivity index (χ2n) is 8.65. The van der Waals surface area contributed by atoms with Gasteiger partial charge in [-0.25, -0.2) is 0 Å². The molecule has 0 aliphatic carbocycles. The zero-order valence-electron chi connectivity index (χ0n) is 30.0. The van der Waals surface area contributed by atoms with Crippen LogP contribution in [0, 0.1) is 23.7 Å². The molecule has 0 aromatic heterocycles. The van der Waals surface area contributed by atoms with E-state index in [0.29, 0.717) is 12.2 Å². The predicted octanol–water partition coefficient (Wildman–Crippen LogP) is 17.8. The van der Waals surface area contributed by atoms with Crippen LogP contribution in [0.3, 0.4) is 0 Å². The molecule has 0 fully saturated rings. The molecule has 0 N–H and O–H groups in total. The third kappa shape index (κ3) is 861. The van der Waals surface area contributed by atoms with E-state index in [4.69, 9.17) is 0 Å². The summed E-state index contributed by atoms with van der Waals surface area (Å²) in [4.78, 5) is 10.5. The van der Waals surface area contributed by atoms with Crippen LogP contribution < -0.4 is 0 Å². The van der Waals surface area contributed by atoms with Crippen LogP contribution >= 0.6 is 0 Å². The Balaban J connectivity index is -0.0000000116. The third-order valence-electron chi connectivity index (χ3n) is 1.81. The van der Waals surface area contributed by atoms with Gasteiger partial charge in [0.05, 0.1) is 0 Å². The van der Waals surface area contributed by atoms with E-state index in [9.17, 15) is 4.79 Å². The fourth-order valence-corrected chi connectivity index (χ4v) is 0.408. The van der Waals surface area contributed by atoms with Crippen LogP contribution in [-0.2, 0) is 4.79 Å². The van der Waals surface area contributed by atoms with Gasteiger partial charge >= 0.3 is 0 Å². The molecule has 0 heterocycles. The molecule has 0 spiro atoms. The molecule has 0 atom stereocenters. The van der Waals surface area contributed by atoms with E-state index in [2.05, 4.69) is 90.0 Å². The zero-order valence-corrected chi connectivity index (χ0v) is 30.0. The SMILES string of the molecule is C.C.C.C.C.C.CC.CC.CC.CC.CC(C)C.CC(C)C.CCC.CCC.CCC(=O)C(C)C.CCC(C)C. The lowest BCUT2D eigenvalue weighted by Gasteiger charge is -1.96. The first kappa shape index (κ1) is 106. The van der Waals surface area contributed by atoms with Crippen molar-refractivity contribution in [2.75, 3.05) is 0 Å². The van der Waals surface area contributed by atoms with Gasteiger partial charge in [-0.05, 0) is 17.8 Å². The van der Waals surface area contributed by atoms with Gasteiger partial charge in [0.15, 0.2) is 0 Å². The van der Waals surface area contributed by atoms with E-state index in [1.807, 2.05) is 76.2 Å². The summed E-state index contributed by atoms with van der Waals surface area (Å²) in [6.07, 6.45) is 4.48. The fraction of sp³-hybridized carbons (Fsp3) is 0.974. The molecule has 1 heteroatoms. The summed E-state index contributed by atoms with van der Waals surface area (Å²) in [5.41, 5.74) is 0. The number of Topliss-reactive ketones (excluding diaryl/α,β-unsaturated/α-hetero) is 1. The van der Waals surface area contributed by atoms with Gasteiger partial charge in [0.1, 0.15) is 5.78 Å². The Morgan fingerprint density at radius 2 is 0.525 bits per heavy atom. The third-order valence-corrected chi connectivity index (χ3v) is 1.81. The highest BCUT2D eigenvalue weighted by molar-refractivity contribution is 5.79. The molecule has 0 rings (SSSR count). The molecule has 1 nitrogen and oxygen atoms in total. The van der Waals surface area contributed by atoms with Crippen molar-refractivity contribution >= 4 is 5.78 Å². The molecule has 40 heavy (non-hydrogen) atoms. The Bertz CT molecular complexity index is 177. The average molecular weight is 593 g/mol. The van der Waals surface area contributed by atoms with Gasteiger partial charge in [0.2, 0.25) is 0 Å². The topological polar surface area (TPSA) is 17.1 Å². The minimum atomic E-state index is 0. The van der Waals surface area contributed by atoms with Crippen molar-refractivity contribution < 1.29 is 4.79 Å². The summed E-state index contributed by atoms with van der Waals surface area (Å²) in [5, 5.41) is 0. The van der Waals surface area contributed by atoms with Crippen molar-refractivity contribution in [3.63, 3.8) is 0 Å².